The number of benzene rings is 1. The predicted octanol–water partition coefficient (Wildman–Crippen LogP) is 6.97. The van der Waals surface area contributed by atoms with Gasteiger partial charge in [0, 0.05) is 6.42 Å². The van der Waals surface area contributed by atoms with E-state index in [0.717, 1.165) is 32.1 Å². The molecule has 0 aliphatic carbocycles. The molecule has 0 saturated carbocycles. The Balaban J connectivity index is 1.53. The first-order valence-corrected chi connectivity index (χ1v) is 11.3. The molecule has 3 atom stereocenters. The first-order chi connectivity index (χ1) is 14.3. The molecule has 1 saturated heterocycles. The van der Waals surface area contributed by atoms with E-state index in [-0.39, 0.29) is 6.42 Å². The lowest BCUT2D eigenvalue weighted by atomic mass is 9.81. The monoisotopic (exact) mass is 414 g/mol. The molecule has 4 nitrogen and oxygen atoms in total. The fraction of sp³-hybridized carbons (Fsp3) is 0.577. The molecule has 0 spiro atoms. The average molecular weight is 415 g/mol. The summed E-state index contributed by atoms with van der Waals surface area (Å²) in [7, 11) is 0. The van der Waals surface area contributed by atoms with Crippen molar-refractivity contribution in [1.82, 2.24) is 0 Å². The molecule has 30 heavy (non-hydrogen) atoms. The van der Waals surface area contributed by atoms with E-state index in [2.05, 4.69) is 55.5 Å². The van der Waals surface area contributed by atoms with E-state index in [4.69, 9.17) is 14.9 Å². The van der Waals surface area contributed by atoms with E-state index in [0.29, 0.717) is 12.3 Å². The Kier molecular flexibility index (Phi) is 9.80. The van der Waals surface area contributed by atoms with Crippen molar-refractivity contribution in [1.29, 1.82) is 0 Å². The third-order valence-corrected chi connectivity index (χ3v) is 5.59. The second-order valence-corrected chi connectivity index (χ2v) is 9.27. The van der Waals surface area contributed by atoms with Crippen molar-refractivity contribution < 1.29 is 19.7 Å². The number of rotatable bonds is 13. The molecule has 1 aromatic carbocycles. The number of allylic oxidation sites excluding steroid dienone is 3. The van der Waals surface area contributed by atoms with Gasteiger partial charge in [-0.15, -0.1) is 0 Å². The lowest BCUT2D eigenvalue weighted by Crippen LogP contribution is -2.31. The SMILES string of the molecule is C[C@H](CCCCC=CCCC=Cc1ccccc1)C[C@]1(C)C[C@@](C)(CC(=O)O)OO1. The van der Waals surface area contributed by atoms with Crippen molar-refractivity contribution in [3.05, 3.63) is 54.1 Å². The smallest absolute Gasteiger partial charge is 0.306 e. The van der Waals surface area contributed by atoms with Gasteiger partial charge in [0.05, 0.1) is 6.42 Å². The van der Waals surface area contributed by atoms with E-state index in [9.17, 15) is 4.79 Å². The lowest BCUT2D eigenvalue weighted by Gasteiger charge is -2.25. The molecule has 4 heteroatoms. The zero-order chi connectivity index (χ0) is 21.9. The van der Waals surface area contributed by atoms with Gasteiger partial charge in [0.15, 0.2) is 0 Å². The highest BCUT2D eigenvalue weighted by Crippen LogP contribution is 2.42. The summed E-state index contributed by atoms with van der Waals surface area (Å²) in [4.78, 5) is 22.0. The second-order valence-electron chi connectivity index (χ2n) is 9.27. The Labute approximate surface area is 181 Å². The predicted molar refractivity (Wildman–Crippen MR) is 122 cm³/mol. The molecule has 0 aromatic heterocycles. The lowest BCUT2D eigenvalue weighted by molar-refractivity contribution is -0.346. The van der Waals surface area contributed by atoms with Gasteiger partial charge in [0.25, 0.3) is 0 Å². The molecular weight excluding hydrogens is 376 g/mol. The summed E-state index contributed by atoms with van der Waals surface area (Å²) in [6.07, 6.45) is 17.3. The van der Waals surface area contributed by atoms with Gasteiger partial charge in [-0.3, -0.25) is 4.79 Å². The van der Waals surface area contributed by atoms with E-state index >= 15 is 0 Å². The van der Waals surface area contributed by atoms with Gasteiger partial charge in [0.1, 0.15) is 11.2 Å². The Hall–Kier alpha value is -1.91. The number of carboxylic acid groups (broad SMARTS) is 1. The highest BCUT2D eigenvalue weighted by molar-refractivity contribution is 5.68. The molecule has 1 N–H and O–H groups in total. The number of hydrogen-bond acceptors (Lipinski definition) is 3. The Morgan fingerprint density at radius 2 is 1.70 bits per heavy atom. The van der Waals surface area contributed by atoms with Crippen LogP contribution >= 0.6 is 0 Å². The number of aliphatic carboxylic acids is 1. The fourth-order valence-electron chi connectivity index (χ4n) is 4.38. The quantitative estimate of drug-likeness (QED) is 0.215. The Bertz CT molecular complexity index is 696. The molecule has 1 aliphatic rings. The minimum absolute atomic E-state index is 0.0225. The van der Waals surface area contributed by atoms with E-state index in [1.165, 1.54) is 18.4 Å². The molecule has 1 aromatic rings. The van der Waals surface area contributed by atoms with Gasteiger partial charge in [0.2, 0.25) is 0 Å². The number of carboxylic acids is 1. The molecule has 166 valence electrons. The van der Waals surface area contributed by atoms with E-state index in [1.807, 2.05) is 19.9 Å². The van der Waals surface area contributed by atoms with Crippen LogP contribution in [0.15, 0.2) is 48.6 Å². The van der Waals surface area contributed by atoms with Crippen molar-refractivity contribution in [3.63, 3.8) is 0 Å². The van der Waals surface area contributed by atoms with Crippen LogP contribution in [0.25, 0.3) is 6.08 Å². The third-order valence-electron chi connectivity index (χ3n) is 5.59. The van der Waals surface area contributed by atoms with Crippen LogP contribution in [0, 0.1) is 5.92 Å². The van der Waals surface area contributed by atoms with Crippen molar-refractivity contribution in [3.8, 4) is 0 Å². The maximum Gasteiger partial charge on any atom is 0.306 e. The van der Waals surface area contributed by atoms with Crippen LogP contribution in [0.3, 0.4) is 0 Å². The van der Waals surface area contributed by atoms with Gasteiger partial charge >= 0.3 is 5.97 Å². The summed E-state index contributed by atoms with van der Waals surface area (Å²) in [5.74, 6) is -0.323. The second kappa shape index (κ2) is 12.1. The highest BCUT2D eigenvalue weighted by Gasteiger charge is 2.47. The fourth-order valence-corrected chi connectivity index (χ4v) is 4.38. The molecule has 0 bridgehead atoms. The summed E-state index contributed by atoms with van der Waals surface area (Å²) in [5, 5.41) is 9.04. The largest absolute Gasteiger partial charge is 0.481 e. The van der Waals surface area contributed by atoms with Crippen LogP contribution in [-0.4, -0.2) is 22.3 Å². The zero-order valence-electron chi connectivity index (χ0n) is 18.8. The summed E-state index contributed by atoms with van der Waals surface area (Å²) >= 11 is 0. The van der Waals surface area contributed by atoms with Gasteiger partial charge in [-0.05, 0) is 57.4 Å². The van der Waals surface area contributed by atoms with Crippen LogP contribution < -0.4 is 0 Å². The van der Waals surface area contributed by atoms with Crippen molar-refractivity contribution in [2.75, 3.05) is 0 Å². The maximum absolute atomic E-state index is 11.0. The molecule has 0 amide bonds. The highest BCUT2D eigenvalue weighted by atomic mass is 17.2. The summed E-state index contributed by atoms with van der Waals surface area (Å²) < 4.78 is 0. The topological polar surface area (TPSA) is 55.8 Å². The summed E-state index contributed by atoms with van der Waals surface area (Å²) in [5.41, 5.74) is 0.142. The molecule has 0 unspecified atom stereocenters. The van der Waals surface area contributed by atoms with Gasteiger partial charge < -0.3 is 5.11 Å². The van der Waals surface area contributed by atoms with Gasteiger partial charge in [-0.1, -0.05) is 74.4 Å². The van der Waals surface area contributed by atoms with E-state index in [1.54, 1.807) is 0 Å². The van der Waals surface area contributed by atoms with E-state index < -0.39 is 17.2 Å². The normalized spacial score (nSPS) is 25.3. The first-order valence-electron chi connectivity index (χ1n) is 11.3. The van der Waals surface area contributed by atoms with Crippen LogP contribution in [0.1, 0.15) is 84.1 Å². The Morgan fingerprint density at radius 1 is 1.03 bits per heavy atom. The third kappa shape index (κ3) is 9.27. The summed E-state index contributed by atoms with van der Waals surface area (Å²) in [6, 6.07) is 10.4. The van der Waals surface area contributed by atoms with Crippen LogP contribution in [-0.2, 0) is 14.6 Å². The standard InChI is InChI=1S/C26H38O4/c1-22(19-25(2)21-26(3,30-29-25)20-24(27)28)15-11-8-6-4-5-7-9-12-16-23-17-13-10-14-18-23/h4-5,10,12-14,16-18,22H,6-9,11,15,19-21H2,1-3H3,(H,27,28)/t22-,25-,26-/m1/s1. The van der Waals surface area contributed by atoms with Crippen LogP contribution in [0.5, 0.6) is 0 Å². The molecule has 1 fully saturated rings. The number of unbranched alkanes of at least 4 members (excludes halogenated alkanes) is 3. The maximum atomic E-state index is 11.0. The summed E-state index contributed by atoms with van der Waals surface area (Å²) in [6.45, 7) is 6.10. The van der Waals surface area contributed by atoms with Gasteiger partial charge in [-0.25, -0.2) is 9.78 Å². The first kappa shape index (κ1) is 24.4. The molecule has 0 radical (unpaired) electrons. The van der Waals surface area contributed by atoms with Crippen molar-refractivity contribution in [2.24, 2.45) is 5.92 Å². The minimum atomic E-state index is -0.848. The minimum Gasteiger partial charge on any atom is -0.481 e. The molecule has 2 rings (SSSR count). The zero-order valence-corrected chi connectivity index (χ0v) is 18.8. The molecule has 1 heterocycles. The van der Waals surface area contributed by atoms with Crippen molar-refractivity contribution >= 4 is 12.0 Å². The van der Waals surface area contributed by atoms with Crippen LogP contribution in [0.4, 0.5) is 0 Å². The molecular formula is C26H38O4. The number of hydrogen-bond donors (Lipinski definition) is 1. The average Bonchev–Trinajstić information content (AvgIpc) is 2.97. The van der Waals surface area contributed by atoms with Crippen molar-refractivity contribution in [2.45, 2.75) is 89.8 Å². The number of carbonyl (C=O) groups is 1. The van der Waals surface area contributed by atoms with Crippen LogP contribution in [0.2, 0.25) is 0 Å². The molecule has 1 aliphatic heterocycles. The Morgan fingerprint density at radius 3 is 2.43 bits per heavy atom. The van der Waals surface area contributed by atoms with Gasteiger partial charge in [-0.2, -0.15) is 0 Å².